The van der Waals surface area contributed by atoms with E-state index < -0.39 is 0 Å². The second kappa shape index (κ2) is 8.13. The Morgan fingerprint density at radius 3 is 2.80 bits per heavy atom. The fourth-order valence-corrected chi connectivity index (χ4v) is 2.86. The lowest BCUT2D eigenvalue weighted by molar-refractivity contribution is 0.0829. The number of ether oxygens (including phenoxy) is 1. The lowest BCUT2D eigenvalue weighted by Crippen LogP contribution is -2.40. The monoisotopic (exact) mass is 340 g/mol. The van der Waals surface area contributed by atoms with Crippen molar-refractivity contribution in [2.24, 2.45) is 0 Å². The molecule has 1 saturated heterocycles. The summed E-state index contributed by atoms with van der Waals surface area (Å²) in [5, 5.41) is 3.58. The molecule has 1 aliphatic rings. The lowest BCUT2D eigenvalue weighted by Gasteiger charge is -2.22. The van der Waals surface area contributed by atoms with E-state index in [4.69, 9.17) is 4.74 Å². The third-order valence-corrected chi connectivity index (χ3v) is 4.38. The molecule has 1 aromatic rings. The predicted octanol–water partition coefficient (Wildman–Crippen LogP) is 3.04. The van der Waals surface area contributed by atoms with Gasteiger partial charge in [-0.1, -0.05) is 28.1 Å². The Morgan fingerprint density at radius 1 is 1.40 bits per heavy atom. The van der Waals surface area contributed by atoms with Crippen molar-refractivity contribution in [3.05, 3.63) is 34.3 Å². The van der Waals surface area contributed by atoms with Crippen molar-refractivity contribution in [1.82, 2.24) is 10.2 Å². The van der Waals surface area contributed by atoms with Crippen molar-refractivity contribution in [2.45, 2.75) is 38.5 Å². The van der Waals surface area contributed by atoms with Crippen LogP contribution in [0.25, 0.3) is 0 Å². The van der Waals surface area contributed by atoms with Crippen LogP contribution in [0.2, 0.25) is 0 Å². The van der Waals surface area contributed by atoms with Crippen LogP contribution in [-0.2, 0) is 11.3 Å². The van der Waals surface area contributed by atoms with Crippen LogP contribution in [0.3, 0.4) is 0 Å². The molecule has 1 N–H and O–H groups in total. The standard InChI is InChI=1S/C16H25BrN2O/c1-13(16-4-3-11-20-16)18-9-10-19(2)12-14-5-7-15(17)8-6-14/h5-8,13,16,18H,3-4,9-12H2,1-2H3. The summed E-state index contributed by atoms with van der Waals surface area (Å²) in [6, 6.07) is 8.99. The van der Waals surface area contributed by atoms with Gasteiger partial charge in [0.1, 0.15) is 0 Å². The zero-order chi connectivity index (χ0) is 14.4. The van der Waals surface area contributed by atoms with Crippen molar-refractivity contribution in [3.8, 4) is 0 Å². The number of rotatable bonds is 7. The maximum atomic E-state index is 5.70. The van der Waals surface area contributed by atoms with Crippen LogP contribution in [-0.4, -0.2) is 43.8 Å². The van der Waals surface area contributed by atoms with Gasteiger partial charge in [-0.25, -0.2) is 0 Å². The Hall–Kier alpha value is -0.420. The zero-order valence-electron chi connectivity index (χ0n) is 12.4. The fraction of sp³-hybridized carbons (Fsp3) is 0.625. The third-order valence-electron chi connectivity index (χ3n) is 3.85. The van der Waals surface area contributed by atoms with Gasteiger partial charge in [0.05, 0.1) is 6.10 Å². The molecule has 2 rings (SSSR count). The first kappa shape index (κ1) is 16.0. The van der Waals surface area contributed by atoms with E-state index in [1.54, 1.807) is 0 Å². The molecular weight excluding hydrogens is 316 g/mol. The lowest BCUT2D eigenvalue weighted by atomic mass is 10.1. The molecule has 112 valence electrons. The first-order valence-electron chi connectivity index (χ1n) is 7.43. The summed E-state index contributed by atoms with van der Waals surface area (Å²) >= 11 is 3.47. The van der Waals surface area contributed by atoms with Gasteiger partial charge >= 0.3 is 0 Å². The van der Waals surface area contributed by atoms with E-state index in [1.165, 1.54) is 18.4 Å². The normalized spacial score (nSPS) is 20.5. The molecule has 1 aromatic carbocycles. The molecule has 4 heteroatoms. The van der Waals surface area contributed by atoms with Gasteiger partial charge in [0.2, 0.25) is 0 Å². The number of hydrogen-bond donors (Lipinski definition) is 1. The molecule has 1 fully saturated rings. The van der Waals surface area contributed by atoms with Gasteiger partial charge in [0, 0.05) is 36.8 Å². The van der Waals surface area contributed by atoms with E-state index in [0.717, 1.165) is 30.7 Å². The molecule has 0 spiro atoms. The van der Waals surface area contributed by atoms with Crippen molar-refractivity contribution >= 4 is 15.9 Å². The van der Waals surface area contributed by atoms with Crippen molar-refractivity contribution in [2.75, 3.05) is 26.7 Å². The number of nitrogens with one attached hydrogen (secondary N) is 1. The fourth-order valence-electron chi connectivity index (χ4n) is 2.59. The van der Waals surface area contributed by atoms with Gasteiger partial charge in [-0.15, -0.1) is 0 Å². The molecule has 2 unspecified atom stereocenters. The number of likely N-dealkylation sites (N-methyl/N-ethyl adjacent to an activating group) is 1. The molecule has 0 amide bonds. The minimum absolute atomic E-state index is 0.409. The Balaban J connectivity index is 1.64. The number of halogens is 1. The van der Waals surface area contributed by atoms with E-state index >= 15 is 0 Å². The number of nitrogens with zero attached hydrogens (tertiary/aromatic N) is 1. The molecule has 1 heterocycles. The average Bonchev–Trinajstić information content (AvgIpc) is 2.95. The van der Waals surface area contributed by atoms with Gasteiger partial charge in [0.25, 0.3) is 0 Å². The Labute approximate surface area is 130 Å². The second-order valence-electron chi connectivity index (χ2n) is 5.66. The molecule has 1 aliphatic heterocycles. The SMILES string of the molecule is CC(NCCN(C)Cc1ccc(Br)cc1)C1CCCO1. The van der Waals surface area contributed by atoms with Crippen molar-refractivity contribution in [3.63, 3.8) is 0 Å². The first-order chi connectivity index (χ1) is 9.65. The van der Waals surface area contributed by atoms with Gasteiger partial charge in [-0.2, -0.15) is 0 Å². The molecule has 0 bridgehead atoms. The minimum atomic E-state index is 0.409. The molecule has 0 aromatic heterocycles. The highest BCUT2D eigenvalue weighted by Gasteiger charge is 2.21. The summed E-state index contributed by atoms with van der Waals surface area (Å²) < 4.78 is 6.83. The number of benzene rings is 1. The Morgan fingerprint density at radius 2 is 2.15 bits per heavy atom. The van der Waals surface area contributed by atoms with Gasteiger partial charge < -0.3 is 15.0 Å². The summed E-state index contributed by atoms with van der Waals surface area (Å²) in [6.07, 6.45) is 2.81. The second-order valence-corrected chi connectivity index (χ2v) is 6.57. The molecule has 0 aliphatic carbocycles. The van der Waals surface area contributed by atoms with Crippen LogP contribution < -0.4 is 5.32 Å². The quantitative estimate of drug-likeness (QED) is 0.825. The van der Waals surface area contributed by atoms with Crippen LogP contribution >= 0.6 is 15.9 Å². The largest absolute Gasteiger partial charge is 0.377 e. The third kappa shape index (κ3) is 5.17. The molecule has 2 atom stereocenters. The smallest absolute Gasteiger partial charge is 0.0726 e. The summed E-state index contributed by atoms with van der Waals surface area (Å²) in [5.74, 6) is 0. The number of hydrogen-bond acceptors (Lipinski definition) is 3. The topological polar surface area (TPSA) is 24.5 Å². The maximum absolute atomic E-state index is 5.70. The first-order valence-corrected chi connectivity index (χ1v) is 8.22. The van der Waals surface area contributed by atoms with Gasteiger partial charge in [0.15, 0.2) is 0 Å². The highest BCUT2D eigenvalue weighted by Crippen LogP contribution is 2.15. The van der Waals surface area contributed by atoms with E-state index in [0.29, 0.717) is 12.1 Å². The van der Waals surface area contributed by atoms with Gasteiger partial charge in [-0.05, 0) is 44.5 Å². The Bertz CT molecular complexity index is 390. The van der Waals surface area contributed by atoms with E-state index in [1.807, 2.05) is 0 Å². The van der Waals surface area contributed by atoms with Crippen LogP contribution in [0.15, 0.2) is 28.7 Å². The highest BCUT2D eigenvalue weighted by molar-refractivity contribution is 9.10. The van der Waals surface area contributed by atoms with Crippen LogP contribution in [0.4, 0.5) is 0 Å². The average molecular weight is 341 g/mol. The molecule has 3 nitrogen and oxygen atoms in total. The molecule has 20 heavy (non-hydrogen) atoms. The Kier molecular flexibility index (Phi) is 6.49. The summed E-state index contributed by atoms with van der Waals surface area (Å²) in [5.41, 5.74) is 1.35. The van der Waals surface area contributed by atoms with E-state index in [9.17, 15) is 0 Å². The van der Waals surface area contributed by atoms with Crippen LogP contribution in [0, 0.1) is 0 Å². The summed E-state index contributed by atoms with van der Waals surface area (Å²) in [4.78, 5) is 2.35. The van der Waals surface area contributed by atoms with Gasteiger partial charge in [-0.3, -0.25) is 0 Å². The van der Waals surface area contributed by atoms with Crippen LogP contribution in [0.1, 0.15) is 25.3 Å². The molecular formula is C16H25BrN2O. The van der Waals surface area contributed by atoms with E-state index in [-0.39, 0.29) is 0 Å². The summed E-state index contributed by atoms with van der Waals surface area (Å²) in [6.45, 7) is 6.20. The highest BCUT2D eigenvalue weighted by atomic mass is 79.9. The zero-order valence-corrected chi connectivity index (χ0v) is 14.0. The van der Waals surface area contributed by atoms with Crippen molar-refractivity contribution in [1.29, 1.82) is 0 Å². The molecule has 0 saturated carbocycles. The van der Waals surface area contributed by atoms with Crippen molar-refractivity contribution < 1.29 is 4.74 Å². The predicted molar refractivity (Wildman–Crippen MR) is 86.9 cm³/mol. The summed E-state index contributed by atoms with van der Waals surface area (Å²) in [7, 11) is 2.17. The van der Waals surface area contributed by atoms with E-state index in [2.05, 4.69) is 64.4 Å². The van der Waals surface area contributed by atoms with Crippen LogP contribution in [0.5, 0.6) is 0 Å². The maximum Gasteiger partial charge on any atom is 0.0726 e. The molecule has 0 radical (unpaired) electrons. The minimum Gasteiger partial charge on any atom is -0.377 e.